The van der Waals surface area contributed by atoms with Crippen molar-refractivity contribution in [3.63, 3.8) is 0 Å². The lowest BCUT2D eigenvalue weighted by Crippen LogP contribution is -2.20. The highest BCUT2D eigenvalue weighted by Gasteiger charge is 2.17. The molecule has 0 fully saturated rings. The number of carbonyl (C=O) groups is 1. The topological polar surface area (TPSA) is 68.2 Å². The Kier molecular flexibility index (Phi) is 5.51. The van der Waals surface area contributed by atoms with Crippen molar-refractivity contribution in [2.45, 2.75) is 26.8 Å². The van der Waals surface area contributed by atoms with Crippen LogP contribution in [0.1, 0.15) is 29.1 Å². The van der Waals surface area contributed by atoms with Gasteiger partial charge in [0.05, 0.1) is 12.7 Å². The average molecular weight is 338 g/mol. The maximum Gasteiger partial charge on any atom is 0.340 e. The molecular weight excluding hydrogens is 320 g/mol. The van der Waals surface area contributed by atoms with Crippen molar-refractivity contribution < 1.29 is 9.53 Å². The van der Waals surface area contributed by atoms with E-state index >= 15 is 0 Å². The predicted molar refractivity (Wildman–Crippen MR) is 92.8 cm³/mol. The van der Waals surface area contributed by atoms with Crippen LogP contribution in [-0.2, 0) is 17.7 Å². The normalized spacial score (nSPS) is 10.3. The van der Waals surface area contributed by atoms with Crippen molar-refractivity contribution in [2.24, 2.45) is 0 Å². The molecule has 2 aromatic heterocycles. The van der Waals surface area contributed by atoms with E-state index in [-0.39, 0.29) is 5.97 Å². The summed E-state index contributed by atoms with van der Waals surface area (Å²) in [6.45, 7) is 4.83. The third kappa shape index (κ3) is 3.83. The van der Waals surface area contributed by atoms with E-state index in [1.165, 1.54) is 18.4 Å². The lowest BCUT2D eigenvalue weighted by Gasteiger charge is -2.08. The fraction of sp³-hybridized carbons (Fsp3) is 0.357. The summed E-state index contributed by atoms with van der Waals surface area (Å²) in [6, 6.07) is 3.66. The molecule has 0 aliphatic carbocycles. The van der Waals surface area contributed by atoms with Gasteiger partial charge in [-0.25, -0.2) is 4.79 Å². The van der Waals surface area contributed by atoms with Crippen molar-refractivity contribution in [3.8, 4) is 0 Å². The van der Waals surface area contributed by atoms with Crippen LogP contribution in [0.2, 0.25) is 0 Å². The number of thiocarbonyl (C=S) groups is 1. The molecule has 0 aliphatic rings. The Balaban J connectivity index is 2.10. The third-order valence-electron chi connectivity index (χ3n) is 2.97. The molecule has 2 N–H and O–H groups in total. The van der Waals surface area contributed by atoms with Crippen LogP contribution in [0.4, 0.5) is 10.8 Å². The minimum absolute atomic E-state index is 0.378. The summed E-state index contributed by atoms with van der Waals surface area (Å²) in [5.41, 5.74) is 0.493. The molecule has 0 unspecified atom stereocenters. The quantitative estimate of drug-likeness (QED) is 0.645. The molecule has 0 aromatic carbocycles. The fourth-order valence-corrected chi connectivity index (χ4v) is 3.09. The van der Waals surface area contributed by atoms with E-state index in [9.17, 15) is 4.79 Å². The van der Waals surface area contributed by atoms with E-state index in [2.05, 4.69) is 15.7 Å². The minimum Gasteiger partial charge on any atom is -0.465 e. The van der Waals surface area contributed by atoms with Gasteiger partial charge < -0.3 is 15.4 Å². The predicted octanol–water partition coefficient (Wildman–Crippen LogP) is 3.12. The van der Waals surface area contributed by atoms with Gasteiger partial charge in [0, 0.05) is 23.7 Å². The Bertz CT molecular complexity index is 678. The molecule has 0 saturated carbocycles. The van der Waals surface area contributed by atoms with Crippen LogP contribution in [0.5, 0.6) is 0 Å². The Morgan fingerprint density at radius 2 is 2.23 bits per heavy atom. The van der Waals surface area contributed by atoms with Gasteiger partial charge in [0.15, 0.2) is 10.9 Å². The van der Waals surface area contributed by atoms with Gasteiger partial charge in [0.25, 0.3) is 0 Å². The minimum atomic E-state index is -0.378. The van der Waals surface area contributed by atoms with Crippen molar-refractivity contribution in [2.75, 3.05) is 17.7 Å². The van der Waals surface area contributed by atoms with Gasteiger partial charge in [-0.2, -0.15) is 5.10 Å². The number of rotatable bonds is 5. The van der Waals surface area contributed by atoms with Gasteiger partial charge in [-0.15, -0.1) is 11.3 Å². The van der Waals surface area contributed by atoms with Gasteiger partial charge in [0.1, 0.15) is 5.00 Å². The van der Waals surface area contributed by atoms with Crippen molar-refractivity contribution >= 4 is 45.5 Å². The molecule has 6 nitrogen and oxygen atoms in total. The zero-order chi connectivity index (χ0) is 16.1. The number of nitrogens with zero attached hydrogens (tertiary/aromatic N) is 2. The molecule has 2 aromatic rings. The van der Waals surface area contributed by atoms with E-state index < -0.39 is 0 Å². The number of anilines is 2. The number of hydrogen-bond donors (Lipinski definition) is 2. The maximum absolute atomic E-state index is 11.8. The molecule has 0 atom stereocenters. The highest BCUT2D eigenvalue weighted by molar-refractivity contribution is 7.80. The summed E-state index contributed by atoms with van der Waals surface area (Å²) in [6.07, 6.45) is 2.71. The zero-order valence-electron chi connectivity index (χ0n) is 12.7. The number of esters is 1. The molecule has 0 bridgehead atoms. The second-order valence-corrected chi connectivity index (χ2v) is 5.98. The van der Waals surface area contributed by atoms with Gasteiger partial charge in [-0.3, -0.25) is 4.68 Å². The first-order valence-corrected chi connectivity index (χ1v) is 8.12. The summed E-state index contributed by atoms with van der Waals surface area (Å²) in [5, 5.41) is 11.4. The molecule has 0 spiro atoms. The van der Waals surface area contributed by atoms with Gasteiger partial charge in [0.2, 0.25) is 0 Å². The molecule has 0 aliphatic heterocycles. The Morgan fingerprint density at radius 3 is 2.82 bits per heavy atom. The SMILES string of the molecule is CCc1cc(C(=O)OC)c(NC(=S)Nc2ccn(CC)n2)s1. The Hall–Kier alpha value is -1.93. The Morgan fingerprint density at radius 1 is 1.45 bits per heavy atom. The molecule has 2 heterocycles. The van der Waals surface area contributed by atoms with Crippen LogP contribution < -0.4 is 10.6 Å². The largest absolute Gasteiger partial charge is 0.465 e. The van der Waals surface area contributed by atoms with E-state index in [0.29, 0.717) is 21.5 Å². The molecule has 22 heavy (non-hydrogen) atoms. The fourth-order valence-electron chi connectivity index (χ4n) is 1.83. The molecule has 8 heteroatoms. The number of ether oxygens (including phenoxy) is 1. The van der Waals surface area contributed by atoms with Crippen LogP contribution in [0.3, 0.4) is 0 Å². The van der Waals surface area contributed by atoms with E-state index in [0.717, 1.165) is 17.8 Å². The lowest BCUT2D eigenvalue weighted by atomic mass is 10.2. The number of methoxy groups -OCH3 is 1. The van der Waals surface area contributed by atoms with E-state index in [4.69, 9.17) is 17.0 Å². The molecular formula is C14H18N4O2S2. The summed E-state index contributed by atoms with van der Waals surface area (Å²) in [7, 11) is 1.36. The first-order valence-electron chi connectivity index (χ1n) is 6.89. The second-order valence-electron chi connectivity index (χ2n) is 4.44. The van der Waals surface area contributed by atoms with Crippen LogP contribution in [0, 0.1) is 0 Å². The first-order chi connectivity index (χ1) is 10.6. The number of aryl methyl sites for hydroxylation is 2. The van der Waals surface area contributed by atoms with Gasteiger partial charge in [-0.05, 0) is 31.6 Å². The highest BCUT2D eigenvalue weighted by Crippen LogP contribution is 2.29. The molecule has 0 saturated heterocycles. The van der Waals surface area contributed by atoms with Crippen molar-refractivity contribution in [1.82, 2.24) is 9.78 Å². The average Bonchev–Trinajstić information content (AvgIpc) is 3.13. The number of hydrogen-bond acceptors (Lipinski definition) is 5. The van der Waals surface area contributed by atoms with Crippen molar-refractivity contribution in [1.29, 1.82) is 0 Å². The van der Waals surface area contributed by atoms with E-state index in [1.54, 1.807) is 4.68 Å². The number of thiophene rings is 1. The van der Waals surface area contributed by atoms with Crippen LogP contribution in [0.15, 0.2) is 18.3 Å². The monoisotopic (exact) mass is 338 g/mol. The maximum atomic E-state index is 11.8. The van der Waals surface area contributed by atoms with E-state index in [1.807, 2.05) is 32.2 Å². The Labute approximate surface area is 138 Å². The summed E-state index contributed by atoms with van der Waals surface area (Å²) in [4.78, 5) is 12.9. The van der Waals surface area contributed by atoms with Gasteiger partial charge >= 0.3 is 5.97 Å². The zero-order valence-corrected chi connectivity index (χ0v) is 14.3. The summed E-state index contributed by atoms with van der Waals surface area (Å²) < 4.78 is 6.60. The molecule has 118 valence electrons. The standard InChI is InChI=1S/C14H18N4O2S2/c1-4-9-8-10(13(19)20-3)12(22-9)16-14(21)15-11-6-7-18(5-2)17-11/h6-8H,4-5H2,1-3H3,(H2,15,16,17,21). The summed E-state index contributed by atoms with van der Waals surface area (Å²) in [5.74, 6) is 0.280. The number of carbonyl (C=O) groups excluding carboxylic acids is 1. The first kappa shape index (κ1) is 16.4. The van der Waals surface area contributed by atoms with Crippen molar-refractivity contribution in [3.05, 3.63) is 28.8 Å². The smallest absolute Gasteiger partial charge is 0.340 e. The highest BCUT2D eigenvalue weighted by atomic mass is 32.1. The number of aromatic nitrogens is 2. The van der Waals surface area contributed by atoms with Gasteiger partial charge in [-0.1, -0.05) is 6.92 Å². The lowest BCUT2D eigenvalue weighted by molar-refractivity contribution is 0.0602. The molecule has 0 amide bonds. The van der Waals surface area contributed by atoms with Crippen LogP contribution in [-0.4, -0.2) is 28.0 Å². The third-order valence-corrected chi connectivity index (χ3v) is 4.37. The number of nitrogens with one attached hydrogen (secondary N) is 2. The molecule has 0 radical (unpaired) electrons. The van der Waals surface area contributed by atoms with Crippen LogP contribution in [0.25, 0.3) is 0 Å². The summed E-state index contributed by atoms with van der Waals surface area (Å²) >= 11 is 6.76. The second kappa shape index (κ2) is 7.37. The van der Waals surface area contributed by atoms with Crippen LogP contribution >= 0.6 is 23.6 Å². The molecule has 2 rings (SSSR count).